The lowest BCUT2D eigenvalue weighted by molar-refractivity contribution is 0.321. The molecule has 1 N–H and O–H groups in total. The third-order valence-electron chi connectivity index (χ3n) is 2.83. The molecule has 0 unspecified atom stereocenters. The van der Waals surface area contributed by atoms with E-state index in [1.165, 1.54) is 6.07 Å². The minimum absolute atomic E-state index is 0.289. The summed E-state index contributed by atoms with van der Waals surface area (Å²) >= 11 is 0. The first-order chi connectivity index (χ1) is 9.20. The molecule has 2 rings (SSSR count). The molecular weight excluding hydrogens is 245 g/mol. The lowest BCUT2D eigenvalue weighted by atomic mass is 10.2. The maximum Gasteiger partial charge on any atom is 0.167 e. The molecule has 0 saturated heterocycles. The van der Waals surface area contributed by atoms with Crippen LogP contribution in [0.25, 0.3) is 0 Å². The first-order valence-electron chi connectivity index (χ1n) is 6.33. The Bertz CT molecular complexity index is 539. The summed E-state index contributed by atoms with van der Waals surface area (Å²) in [6.45, 7) is 3.00. The summed E-state index contributed by atoms with van der Waals surface area (Å²) in [5, 5.41) is 3.17. The maximum absolute atomic E-state index is 13.6. The number of ether oxygens (including phenoxy) is 1. The van der Waals surface area contributed by atoms with Gasteiger partial charge in [0.25, 0.3) is 0 Å². The second-order valence-corrected chi connectivity index (χ2v) is 4.21. The highest BCUT2D eigenvalue weighted by atomic mass is 19.1. The van der Waals surface area contributed by atoms with Crippen LogP contribution in [-0.2, 0) is 13.5 Å². The molecule has 0 aliphatic heterocycles. The number of aromatic nitrogens is 2. The van der Waals surface area contributed by atoms with Gasteiger partial charge in [-0.2, -0.15) is 0 Å². The van der Waals surface area contributed by atoms with E-state index in [0.29, 0.717) is 13.2 Å². The molecule has 0 fully saturated rings. The van der Waals surface area contributed by atoms with Crippen LogP contribution in [-0.4, -0.2) is 22.7 Å². The number of halogens is 1. The normalized spacial score (nSPS) is 10.5. The molecule has 1 aromatic heterocycles. The lowest BCUT2D eigenvalue weighted by Crippen LogP contribution is -2.08. The molecule has 0 aliphatic carbocycles. The third-order valence-corrected chi connectivity index (χ3v) is 2.83. The van der Waals surface area contributed by atoms with E-state index in [0.717, 1.165) is 17.9 Å². The predicted octanol–water partition coefficient (Wildman–Crippen LogP) is 2.61. The van der Waals surface area contributed by atoms with Crippen molar-refractivity contribution in [3.05, 3.63) is 42.2 Å². The number of rotatable bonds is 6. The highest BCUT2D eigenvalue weighted by molar-refractivity contribution is 5.47. The molecule has 5 heteroatoms. The van der Waals surface area contributed by atoms with Gasteiger partial charge in [0.1, 0.15) is 5.82 Å². The Morgan fingerprint density at radius 3 is 2.89 bits per heavy atom. The number of hydrogen-bond acceptors (Lipinski definition) is 3. The monoisotopic (exact) mass is 263 g/mol. The van der Waals surface area contributed by atoms with Crippen molar-refractivity contribution in [2.75, 3.05) is 18.5 Å². The maximum atomic E-state index is 13.6. The summed E-state index contributed by atoms with van der Waals surface area (Å²) in [4.78, 5) is 4.23. The highest BCUT2D eigenvalue weighted by Gasteiger charge is 2.04. The third kappa shape index (κ3) is 3.47. The van der Waals surface area contributed by atoms with Gasteiger partial charge in [0.15, 0.2) is 11.6 Å². The van der Waals surface area contributed by atoms with Crippen LogP contribution in [0.15, 0.2) is 30.6 Å². The van der Waals surface area contributed by atoms with Crippen LogP contribution in [0.5, 0.6) is 5.75 Å². The second-order valence-electron chi connectivity index (χ2n) is 4.21. The second kappa shape index (κ2) is 6.22. The van der Waals surface area contributed by atoms with Crippen molar-refractivity contribution in [2.45, 2.75) is 13.3 Å². The number of nitrogens with zero attached hydrogens (tertiary/aromatic N) is 2. The number of anilines is 1. The van der Waals surface area contributed by atoms with E-state index >= 15 is 0 Å². The van der Waals surface area contributed by atoms with Gasteiger partial charge in [-0.15, -0.1) is 0 Å². The zero-order chi connectivity index (χ0) is 13.7. The van der Waals surface area contributed by atoms with Crippen molar-refractivity contribution >= 4 is 5.69 Å². The number of hydrogen-bond donors (Lipinski definition) is 1. The van der Waals surface area contributed by atoms with E-state index in [9.17, 15) is 4.39 Å². The van der Waals surface area contributed by atoms with Gasteiger partial charge >= 0.3 is 0 Å². The highest BCUT2D eigenvalue weighted by Crippen LogP contribution is 2.21. The summed E-state index contributed by atoms with van der Waals surface area (Å²) in [6, 6.07) is 4.90. The van der Waals surface area contributed by atoms with Crippen molar-refractivity contribution in [1.82, 2.24) is 9.55 Å². The largest absolute Gasteiger partial charge is 0.491 e. The number of benzene rings is 1. The summed E-state index contributed by atoms with van der Waals surface area (Å²) in [7, 11) is 1.96. The molecule has 0 aliphatic rings. The van der Waals surface area contributed by atoms with E-state index in [1.54, 1.807) is 12.3 Å². The molecule has 0 atom stereocenters. The van der Waals surface area contributed by atoms with Crippen molar-refractivity contribution in [1.29, 1.82) is 0 Å². The van der Waals surface area contributed by atoms with E-state index in [2.05, 4.69) is 10.3 Å². The number of nitrogens with one attached hydrogen (secondary N) is 1. The molecule has 102 valence electrons. The van der Waals surface area contributed by atoms with Crippen LogP contribution in [0.4, 0.5) is 10.1 Å². The quantitative estimate of drug-likeness (QED) is 0.870. The summed E-state index contributed by atoms with van der Waals surface area (Å²) in [5.74, 6) is 0.944. The van der Waals surface area contributed by atoms with Crippen LogP contribution in [0, 0.1) is 5.82 Å². The van der Waals surface area contributed by atoms with Crippen molar-refractivity contribution in [3.8, 4) is 5.75 Å². The minimum Gasteiger partial charge on any atom is -0.491 e. The van der Waals surface area contributed by atoms with E-state index < -0.39 is 0 Å². The Morgan fingerprint density at radius 1 is 1.42 bits per heavy atom. The minimum atomic E-state index is -0.344. The van der Waals surface area contributed by atoms with Crippen molar-refractivity contribution in [3.63, 3.8) is 0 Å². The van der Waals surface area contributed by atoms with Crippen LogP contribution < -0.4 is 10.1 Å². The fourth-order valence-corrected chi connectivity index (χ4v) is 1.84. The predicted molar refractivity (Wildman–Crippen MR) is 73.0 cm³/mol. The van der Waals surface area contributed by atoms with Gasteiger partial charge in [0, 0.05) is 44.2 Å². The zero-order valence-corrected chi connectivity index (χ0v) is 11.2. The Kier molecular flexibility index (Phi) is 4.39. The summed E-state index contributed by atoms with van der Waals surface area (Å²) in [5.41, 5.74) is 0.746. The van der Waals surface area contributed by atoms with Gasteiger partial charge in [-0.1, -0.05) is 0 Å². The Morgan fingerprint density at radius 2 is 2.26 bits per heavy atom. The van der Waals surface area contributed by atoms with Gasteiger partial charge in [-0.25, -0.2) is 9.37 Å². The smallest absolute Gasteiger partial charge is 0.167 e. The molecule has 4 nitrogen and oxygen atoms in total. The van der Waals surface area contributed by atoms with E-state index in [-0.39, 0.29) is 11.6 Å². The zero-order valence-electron chi connectivity index (χ0n) is 11.2. The lowest BCUT2D eigenvalue weighted by Gasteiger charge is -2.09. The van der Waals surface area contributed by atoms with Crippen molar-refractivity contribution < 1.29 is 9.13 Å². The molecular formula is C14H18FN3O. The van der Waals surface area contributed by atoms with Crippen LogP contribution >= 0.6 is 0 Å². The summed E-state index contributed by atoms with van der Waals surface area (Å²) in [6.07, 6.45) is 4.47. The fourth-order valence-electron chi connectivity index (χ4n) is 1.84. The van der Waals surface area contributed by atoms with Gasteiger partial charge in [0.2, 0.25) is 0 Å². The molecule has 0 spiro atoms. The molecule has 0 radical (unpaired) electrons. The topological polar surface area (TPSA) is 39.1 Å². The number of aryl methyl sites for hydroxylation is 1. The average Bonchev–Trinajstić information content (AvgIpc) is 2.79. The van der Waals surface area contributed by atoms with E-state index in [1.807, 2.05) is 30.8 Å². The van der Waals surface area contributed by atoms with Crippen LogP contribution in [0.2, 0.25) is 0 Å². The molecule has 1 aromatic carbocycles. The molecule has 0 amide bonds. The Balaban J connectivity index is 1.89. The Labute approximate surface area is 112 Å². The first-order valence-corrected chi connectivity index (χ1v) is 6.33. The van der Waals surface area contributed by atoms with Gasteiger partial charge in [-0.3, -0.25) is 0 Å². The first kappa shape index (κ1) is 13.4. The van der Waals surface area contributed by atoms with Crippen LogP contribution in [0.1, 0.15) is 12.7 Å². The molecule has 0 saturated carbocycles. The fraction of sp³-hybridized carbons (Fsp3) is 0.357. The Hall–Kier alpha value is -2.04. The number of imidazole rings is 1. The standard InChI is InChI=1S/C14H18FN3O/c1-3-19-13-5-4-11(10-12(13)15)16-7-6-14-17-8-9-18(14)2/h4-5,8-10,16H,3,6-7H2,1-2H3. The van der Waals surface area contributed by atoms with Gasteiger partial charge < -0.3 is 14.6 Å². The van der Waals surface area contributed by atoms with E-state index in [4.69, 9.17) is 4.74 Å². The average molecular weight is 263 g/mol. The van der Waals surface area contributed by atoms with Crippen LogP contribution in [0.3, 0.4) is 0 Å². The molecule has 0 bridgehead atoms. The van der Waals surface area contributed by atoms with Gasteiger partial charge in [0.05, 0.1) is 6.61 Å². The molecule has 2 aromatic rings. The SMILES string of the molecule is CCOc1ccc(NCCc2nccn2C)cc1F. The molecule has 1 heterocycles. The van der Waals surface area contributed by atoms with Gasteiger partial charge in [-0.05, 0) is 19.1 Å². The summed E-state index contributed by atoms with van der Waals surface area (Å²) < 4.78 is 20.7. The van der Waals surface area contributed by atoms with Crippen molar-refractivity contribution in [2.24, 2.45) is 7.05 Å². The molecule has 19 heavy (non-hydrogen) atoms.